The first-order chi connectivity index (χ1) is 7.41. The summed E-state index contributed by atoms with van der Waals surface area (Å²) in [5.41, 5.74) is 0.739. The molecule has 0 saturated carbocycles. The first-order valence-corrected chi connectivity index (χ1v) is 5.52. The van der Waals surface area contributed by atoms with Crippen molar-refractivity contribution >= 4 is 29.2 Å². The molecule has 0 saturated heterocycles. The van der Waals surface area contributed by atoms with E-state index >= 15 is 0 Å². The second-order valence-electron chi connectivity index (χ2n) is 3.64. The number of aliphatic carboxylic acids is 1. The van der Waals surface area contributed by atoms with Crippen LogP contribution in [0.2, 0.25) is 10.0 Å². The summed E-state index contributed by atoms with van der Waals surface area (Å²) in [5.74, 6) is -1.86. The predicted molar refractivity (Wildman–Crippen MR) is 63.0 cm³/mol. The number of hydrogen-bond donors (Lipinski definition) is 2. The lowest BCUT2D eigenvalue weighted by Gasteiger charge is -2.15. The Labute approximate surface area is 104 Å². The van der Waals surface area contributed by atoms with Crippen molar-refractivity contribution in [3.8, 4) is 0 Å². The molecule has 2 atom stereocenters. The van der Waals surface area contributed by atoms with E-state index in [1.165, 1.54) is 6.92 Å². The minimum absolute atomic E-state index is 0.226. The maximum atomic E-state index is 10.9. The van der Waals surface area contributed by atoms with Crippen molar-refractivity contribution in [3.05, 3.63) is 33.8 Å². The normalized spacial score (nSPS) is 14.5. The first-order valence-electron chi connectivity index (χ1n) is 4.76. The molecule has 3 nitrogen and oxygen atoms in total. The molecular formula is C11H12Cl2O3. The van der Waals surface area contributed by atoms with Gasteiger partial charge in [0.05, 0.1) is 22.1 Å². The van der Waals surface area contributed by atoms with Gasteiger partial charge in [-0.15, -0.1) is 0 Å². The van der Waals surface area contributed by atoms with Gasteiger partial charge >= 0.3 is 5.97 Å². The summed E-state index contributed by atoms with van der Waals surface area (Å²) in [6.07, 6.45) is -0.684. The molecule has 0 bridgehead atoms. The van der Waals surface area contributed by atoms with E-state index in [1.54, 1.807) is 18.2 Å². The zero-order valence-electron chi connectivity index (χ0n) is 8.65. The summed E-state index contributed by atoms with van der Waals surface area (Å²) in [4.78, 5) is 10.9. The van der Waals surface area contributed by atoms with Crippen LogP contribution in [0.3, 0.4) is 0 Å². The van der Waals surface area contributed by atoms with E-state index in [4.69, 9.17) is 28.3 Å². The minimum Gasteiger partial charge on any atom is -0.481 e. The third kappa shape index (κ3) is 3.37. The number of carboxylic acids is 1. The van der Waals surface area contributed by atoms with E-state index in [-0.39, 0.29) is 6.42 Å². The average Bonchev–Trinajstić information content (AvgIpc) is 2.18. The van der Waals surface area contributed by atoms with Crippen LogP contribution in [0, 0.1) is 5.92 Å². The number of benzene rings is 1. The monoisotopic (exact) mass is 262 g/mol. The van der Waals surface area contributed by atoms with Gasteiger partial charge in [-0.3, -0.25) is 4.79 Å². The maximum absolute atomic E-state index is 10.9. The number of carbonyl (C=O) groups is 1. The molecular weight excluding hydrogens is 251 g/mol. The minimum atomic E-state index is -1.03. The molecule has 2 unspecified atom stereocenters. The Hall–Kier alpha value is -0.770. The largest absolute Gasteiger partial charge is 0.481 e. The Balaban J connectivity index is 2.86. The smallest absolute Gasteiger partial charge is 0.309 e. The van der Waals surface area contributed by atoms with Gasteiger partial charge in [0.25, 0.3) is 0 Å². The molecule has 1 aromatic carbocycles. The molecule has 88 valence electrons. The maximum Gasteiger partial charge on any atom is 0.309 e. The lowest BCUT2D eigenvalue weighted by molar-refractivity contribution is -0.145. The van der Waals surface area contributed by atoms with Crippen LogP contribution in [0.25, 0.3) is 0 Å². The van der Waals surface area contributed by atoms with Gasteiger partial charge in [0.15, 0.2) is 0 Å². The van der Waals surface area contributed by atoms with Gasteiger partial charge in [-0.25, -0.2) is 0 Å². The molecule has 2 N–H and O–H groups in total. The highest BCUT2D eigenvalue weighted by molar-refractivity contribution is 6.42. The molecule has 5 heteroatoms. The number of hydrogen-bond acceptors (Lipinski definition) is 2. The van der Waals surface area contributed by atoms with Gasteiger partial charge in [-0.1, -0.05) is 29.3 Å². The van der Waals surface area contributed by atoms with E-state index in [0.29, 0.717) is 10.0 Å². The van der Waals surface area contributed by atoms with Crippen LogP contribution in [0.15, 0.2) is 18.2 Å². The zero-order chi connectivity index (χ0) is 12.3. The van der Waals surface area contributed by atoms with Crippen molar-refractivity contribution < 1.29 is 15.0 Å². The molecule has 0 radical (unpaired) electrons. The lowest BCUT2D eigenvalue weighted by atomic mass is 9.95. The number of halogens is 2. The highest BCUT2D eigenvalue weighted by Gasteiger charge is 2.23. The van der Waals surface area contributed by atoms with E-state index in [1.807, 2.05) is 0 Å². The van der Waals surface area contributed by atoms with Gasteiger partial charge in [0.2, 0.25) is 0 Å². The quantitative estimate of drug-likeness (QED) is 0.877. The van der Waals surface area contributed by atoms with Crippen molar-refractivity contribution in [1.82, 2.24) is 0 Å². The van der Waals surface area contributed by atoms with Crippen LogP contribution in [0.5, 0.6) is 0 Å². The van der Waals surface area contributed by atoms with Crippen molar-refractivity contribution in [3.63, 3.8) is 0 Å². The second kappa shape index (κ2) is 5.53. The molecule has 1 aromatic rings. The standard InChI is InChI=1S/C11H12Cl2O3/c1-6(14)8(11(15)16)4-7-2-3-9(12)10(13)5-7/h2-3,5-6,8,14H,4H2,1H3,(H,15,16). The van der Waals surface area contributed by atoms with Crippen LogP contribution in [-0.4, -0.2) is 22.3 Å². The summed E-state index contributed by atoms with van der Waals surface area (Å²) in [6, 6.07) is 4.93. The Bertz CT molecular complexity index is 391. The summed E-state index contributed by atoms with van der Waals surface area (Å²) < 4.78 is 0. The predicted octanol–water partition coefficient (Wildman–Crippen LogP) is 2.62. The van der Waals surface area contributed by atoms with Crippen molar-refractivity contribution in [2.45, 2.75) is 19.4 Å². The van der Waals surface area contributed by atoms with Crippen LogP contribution in [0.4, 0.5) is 0 Å². The third-order valence-corrected chi connectivity index (χ3v) is 3.08. The molecule has 0 fully saturated rings. The number of aliphatic hydroxyl groups is 1. The topological polar surface area (TPSA) is 57.5 Å². The van der Waals surface area contributed by atoms with Crippen molar-refractivity contribution in [1.29, 1.82) is 0 Å². The van der Waals surface area contributed by atoms with Crippen LogP contribution >= 0.6 is 23.2 Å². The van der Waals surface area contributed by atoms with E-state index in [9.17, 15) is 9.90 Å². The number of aliphatic hydroxyl groups excluding tert-OH is 1. The summed E-state index contributed by atoms with van der Waals surface area (Å²) >= 11 is 11.6. The molecule has 0 amide bonds. The SMILES string of the molecule is CC(O)C(Cc1ccc(Cl)c(Cl)c1)C(=O)O. The van der Waals surface area contributed by atoms with Crippen molar-refractivity contribution in [2.75, 3.05) is 0 Å². The molecule has 16 heavy (non-hydrogen) atoms. The van der Waals surface area contributed by atoms with Gasteiger partial charge in [-0.05, 0) is 31.0 Å². The highest BCUT2D eigenvalue weighted by atomic mass is 35.5. The van der Waals surface area contributed by atoms with Gasteiger partial charge in [0.1, 0.15) is 0 Å². The summed E-state index contributed by atoms with van der Waals surface area (Å²) in [7, 11) is 0. The fourth-order valence-electron chi connectivity index (χ4n) is 1.38. The fraction of sp³-hybridized carbons (Fsp3) is 0.364. The van der Waals surface area contributed by atoms with Crippen LogP contribution in [-0.2, 0) is 11.2 Å². The average molecular weight is 263 g/mol. The molecule has 0 aliphatic carbocycles. The lowest BCUT2D eigenvalue weighted by Crippen LogP contribution is -2.27. The van der Waals surface area contributed by atoms with Gasteiger partial charge in [-0.2, -0.15) is 0 Å². The molecule has 1 rings (SSSR count). The van der Waals surface area contributed by atoms with E-state index in [2.05, 4.69) is 0 Å². The zero-order valence-corrected chi connectivity index (χ0v) is 10.2. The molecule has 0 spiro atoms. The van der Waals surface area contributed by atoms with Gasteiger partial charge < -0.3 is 10.2 Å². The molecule has 0 aliphatic rings. The van der Waals surface area contributed by atoms with Crippen LogP contribution < -0.4 is 0 Å². The Kier molecular flexibility index (Phi) is 4.59. The highest BCUT2D eigenvalue weighted by Crippen LogP contribution is 2.24. The Morgan fingerprint density at radius 2 is 2.00 bits per heavy atom. The number of rotatable bonds is 4. The van der Waals surface area contributed by atoms with Gasteiger partial charge in [0, 0.05) is 0 Å². The second-order valence-corrected chi connectivity index (χ2v) is 4.45. The molecule has 0 heterocycles. The summed E-state index contributed by atoms with van der Waals surface area (Å²) in [6.45, 7) is 1.45. The fourth-order valence-corrected chi connectivity index (χ4v) is 1.71. The Morgan fingerprint density at radius 3 is 2.44 bits per heavy atom. The number of carboxylic acid groups (broad SMARTS) is 1. The molecule has 0 aliphatic heterocycles. The van der Waals surface area contributed by atoms with Crippen molar-refractivity contribution in [2.24, 2.45) is 5.92 Å². The van der Waals surface area contributed by atoms with E-state index < -0.39 is 18.0 Å². The van der Waals surface area contributed by atoms with E-state index in [0.717, 1.165) is 5.56 Å². The first kappa shape index (κ1) is 13.3. The Morgan fingerprint density at radius 1 is 1.38 bits per heavy atom. The third-order valence-electron chi connectivity index (χ3n) is 2.34. The van der Waals surface area contributed by atoms with Crippen LogP contribution in [0.1, 0.15) is 12.5 Å². The summed E-state index contributed by atoms with van der Waals surface area (Å²) in [5, 5.41) is 19.0. The molecule has 0 aromatic heterocycles.